The Labute approximate surface area is 150 Å². The standard InChI is InChI=1S/C18H20BrN3O2/c19-17-5-1-3-15(11-17)13-20-7-9-21(10-8-20)14-16-4-2-6-18(12-16)22(23)24/h1-6,11-12H,7-10,13-14H2. The lowest BCUT2D eigenvalue weighted by atomic mass is 10.1. The SMILES string of the molecule is O=[N+]([O-])c1cccc(CN2CCN(Cc3cccc(Br)c3)CC2)c1. The van der Waals surface area contributed by atoms with E-state index in [1.807, 2.05) is 12.1 Å². The van der Waals surface area contributed by atoms with Crippen LogP contribution in [0.3, 0.4) is 0 Å². The first kappa shape index (κ1) is 17.1. The number of nitrogens with zero attached hydrogens (tertiary/aromatic N) is 3. The van der Waals surface area contributed by atoms with E-state index in [1.165, 1.54) is 5.56 Å². The summed E-state index contributed by atoms with van der Waals surface area (Å²) in [5, 5.41) is 10.9. The van der Waals surface area contributed by atoms with Gasteiger partial charge in [0.1, 0.15) is 0 Å². The number of hydrogen-bond donors (Lipinski definition) is 0. The Kier molecular flexibility index (Phi) is 5.60. The van der Waals surface area contributed by atoms with Gasteiger partial charge < -0.3 is 0 Å². The van der Waals surface area contributed by atoms with Crippen molar-refractivity contribution >= 4 is 21.6 Å². The number of benzene rings is 2. The Hall–Kier alpha value is -1.76. The van der Waals surface area contributed by atoms with Crippen molar-refractivity contribution in [3.8, 4) is 0 Å². The van der Waals surface area contributed by atoms with Crippen LogP contribution in [0.1, 0.15) is 11.1 Å². The predicted octanol–water partition coefficient (Wildman–Crippen LogP) is 3.68. The van der Waals surface area contributed by atoms with Gasteiger partial charge in [-0.15, -0.1) is 0 Å². The van der Waals surface area contributed by atoms with Crippen molar-refractivity contribution in [2.45, 2.75) is 13.1 Å². The maximum atomic E-state index is 10.9. The van der Waals surface area contributed by atoms with Gasteiger partial charge in [0.2, 0.25) is 0 Å². The summed E-state index contributed by atoms with van der Waals surface area (Å²) in [6.07, 6.45) is 0. The molecular formula is C18H20BrN3O2. The first-order chi connectivity index (χ1) is 11.6. The van der Waals surface area contributed by atoms with Crippen LogP contribution in [-0.4, -0.2) is 40.9 Å². The highest BCUT2D eigenvalue weighted by Crippen LogP contribution is 2.17. The molecule has 0 radical (unpaired) electrons. The van der Waals surface area contributed by atoms with E-state index >= 15 is 0 Å². The van der Waals surface area contributed by atoms with Gasteiger partial charge in [0.05, 0.1) is 4.92 Å². The van der Waals surface area contributed by atoms with Crippen molar-refractivity contribution in [1.82, 2.24) is 9.80 Å². The molecule has 1 fully saturated rings. The number of hydrogen-bond acceptors (Lipinski definition) is 4. The molecule has 0 unspecified atom stereocenters. The molecule has 1 saturated heterocycles. The number of halogens is 1. The van der Waals surface area contributed by atoms with Gasteiger partial charge >= 0.3 is 0 Å². The molecule has 1 aliphatic rings. The molecule has 6 heteroatoms. The molecule has 126 valence electrons. The maximum absolute atomic E-state index is 10.9. The van der Waals surface area contributed by atoms with E-state index in [0.717, 1.165) is 49.3 Å². The molecule has 0 saturated carbocycles. The number of nitro groups is 1. The number of rotatable bonds is 5. The average molecular weight is 390 g/mol. The zero-order chi connectivity index (χ0) is 16.9. The molecule has 1 aliphatic heterocycles. The van der Waals surface area contributed by atoms with E-state index in [-0.39, 0.29) is 10.6 Å². The molecule has 0 spiro atoms. The van der Waals surface area contributed by atoms with Gasteiger partial charge in [-0.1, -0.05) is 40.2 Å². The van der Waals surface area contributed by atoms with Gasteiger partial charge in [-0.05, 0) is 23.3 Å². The van der Waals surface area contributed by atoms with Crippen molar-refractivity contribution in [3.63, 3.8) is 0 Å². The second-order valence-corrected chi connectivity index (χ2v) is 7.02. The van der Waals surface area contributed by atoms with E-state index in [1.54, 1.807) is 18.2 Å². The second-order valence-electron chi connectivity index (χ2n) is 6.11. The third kappa shape index (κ3) is 4.63. The van der Waals surface area contributed by atoms with Gasteiger partial charge in [0.25, 0.3) is 5.69 Å². The largest absolute Gasteiger partial charge is 0.297 e. The first-order valence-electron chi connectivity index (χ1n) is 8.02. The fourth-order valence-electron chi connectivity index (χ4n) is 3.03. The Bertz CT molecular complexity index is 715. The van der Waals surface area contributed by atoms with Crippen LogP contribution in [-0.2, 0) is 13.1 Å². The zero-order valence-electron chi connectivity index (χ0n) is 13.4. The Morgan fingerprint density at radius 3 is 2.00 bits per heavy atom. The first-order valence-corrected chi connectivity index (χ1v) is 8.82. The lowest BCUT2D eigenvalue weighted by Gasteiger charge is -2.34. The van der Waals surface area contributed by atoms with Crippen LogP contribution in [0.2, 0.25) is 0 Å². The van der Waals surface area contributed by atoms with Crippen molar-refractivity contribution in [2.24, 2.45) is 0 Å². The monoisotopic (exact) mass is 389 g/mol. The molecule has 2 aromatic carbocycles. The fraction of sp³-hybridized carbons (Fsp3) is 0.333. The van der Waals surface area contributed by atoms with Gasteiger partial charge in [-0.3, -0.25) is 19.9 Å². The summed E-state index contributed by atoms with van der Waals surface area (Å²) < 4.78 is 1.12. The number of nitro benzene ring substituents is 1. The van der Waals surface area contributed by atoms with Crippen LogP contribution in [0.5, 0.6) is 0 Å². The number of non-ortho nitro benzene ring substituents is 1. The Morgan fingerprint density at radius 2 is 1.46 bits per heavy atom. The van der Waals surface area contributed by atoms with E-state index in [0.29, 0.717) is 0 Å². The topological polar surface area (TPSA) is 49.6 Å². The average Bonchev–Trinajstić information content (AvgIpc) is 2.57. The Balaban J connectivity index is 1.52. The molecule has 1 heterocycles. The molecule has 2 aromatic rings. The predicted molar refractivity (Wildman–Crippen MR) is 97.8 cm³/mol. The fourth-order valence-corrected chi connectivity index (χ4v) is 3.47. The molecule has 0 atom stereocenters. The number of piperazine rings is 1. The minimum atomic E-state index is -0.334. The van der Waals surface area contributed by atoms with Gasteiger partial charge in [-0.2, -0.15) is 0 Å². The molecular weight excluding hydrogens is 370 g/mol. The summed E-state index contributed by atoms with van der Waals surface area (Å²) in [4.78, 5) is 15.3. The lowest BCUT2D eigenvalue weighted by molar-refractivity contribution is -0.384. The van der Waals surface area contributed by atoms with Crippen LogP contribution in [0.25, 0.3) is 0 Å². The third-order valence-corrected chi connectivity index (χ3v) is 4.78. The van der Waals surface area contributed by atoms with Gasteiger partial charge in [-0.25, -0.2) is 0 Å². The second kappa shape index (κ2) is 7.88. The minimum Gasteiger partial charge on any atom is -0.297 e. The van der Waals surface area contributed by atoms with Gasteiger partial charge in [0, 0.05) is 55.9 Å². The highest BCUT2D eigenvalue weighted by molar-refractivity contribution is 9.10. The summed E-state index contributed by atoms with van der Waals surface area (Å²) in [5.41, 5.74) is 2.49. The zero-order valence-corrected chi connectivity index (χ0v) is 15.0. The lowest BCUT2D eigenvalue weighted by Crippen LogP contribution is -2.45. The van der Waals surface area contributed by atoms with E-state index in [4.69, 9.17) is 0 Å². The van der Waals surface area contributed by atoms with E-state index < -0.39 is 0 Å². The summed E-state index contributed by atoms with van der Waals surface area (Å²) in [5.74, 6) is 0. The third-order valence-electron chi connectivity index (χ3n) is 4.29. The highest BCUT2D eigenvalue weighted by Gasteiger charge is 2.18. The van der Waals surface area contributed by atoms with Crippen molar-refractivity contribution in [3.05, 3.63) is 74.2 Å². The summed E-state index contributed by atoms with van der Waals surface area (Å²) >= 11 is 3.51. The quantitative estimate of drug-likeness (QED) is 0.578. The van der Waals surface area contributed by atoms with Crippen molar-refractivity contribution in [2.75, 3.05) is 26.2 Å². The molecule has 0 aliphatic carbocycles. The summed E-state index contributed by atoms with van der Waals surface area (Å²) in [7, 11) is 0. The summed E-state index contributed by atoms with van der Waals surface area (Å²) in [6.45, 7) is 5.73. The molecule has 0 amide bonds. The van der Waals surface area contributed by atoms with Crippen LogP contribution in [0.4, 0.5) is 5.69 Å². The molecule has 0 bridgehead atoms. The molecule has 3 rings (SSSR count). The van der Waals surface area contributed by atoms with Crippen molar-refractivity contribution < 1.29 is 4.92 Å². The molecule has 0 N–H and O–H groups in total. The highest BCUT2D eigenvalue weighted by atomic mass is 79.9. The van der Waals surface area contributed by atoms with E-state index in [9.17, 15) is 10.1 Å². The van der Waals surface area contributed by atoms with Crippen LogP contribution < -0.4 is 0 Å². The summed E-state index contributed by atoms with van der Waals surface area (Å²) in [6, 6.07) is 15.4. The van der Waals surface area contributed by atoms with Crippen LogP contribution >= 0.6 is 15.9 Å². The van der Waals surface area contributed by atoms with Crippen LogP contribution in [0, 0.1) is 10.1 Å². The molecule has 24 heavy (non-hydrogen) atoms. The molecule has 5 nitrogen and oxygen atoms in total. The normalized spacial score (nSPS) is 16.2. The molecule has 0 aromatic heterocycles. The van der Waals surface area contributed by atoms with Crippen LogP contribution in [0.15, 0.2) is 53.0 Å². The Morgan fingerprint density at radius 1 is 0.917 bits per heavy atom. The van der Waals surface area contributed by atoms with E-state index in [2.05, 4.69) is 43.9 Å². The van der Waals surface area contributed by atoms with Crippen molar-refractivity contribution in [1.29, 1.82) is 0 Å². The van der Waals surface area contributed by atoms with Gasteiger partial charge in [0.15, 0.2) is 0 Å². The smallest absolute Gasteiger partial charge is 0.269 e. The minimum absolute atomic E-state index is 0.167. The maximum Gasteiger partial charge on any atom is 0.269 e.